The molecule has 2 aromatic rings. The number of carbonyl (C=O) groups is 1. The van der Waals surface area contributed by atoms with Gasteiger partial charge in [-0.1, -0.05) is 17.3 Å². The van der Waals surface area contributed by atoms with E-state index < -0.39 is 6.61 Å². The molecule has 1 N–H and O–H groups in total. The lowest BCUT2D eigenvalue weighted by Crippen LogP contribution is -2.16. The zero-order chi connectivity index (χ0) is 15.4. The summed E-state index contributed by atoms with van der Waals surface area (Å²) in [5.41, 5.74) is 1.49. The molecular formula is C14H14F2N2O3. The Labute approximate surface area is 119 Å². The van der Waals surface area contributed by atoms with Crippen LogP contribution in [-0.2, 0) is 11.2 Å². The highest BCUT2D eigenvalue weighted by atomic mass is 19.3. The second kappa shape index (κ2) is 6.34. The zero-order valence-corrected chi connectivity index (χ0v) is 11.5. The Morgan fingerprint density at radius 2 is 2.10 bits per heavy atom. The normalized spacial score (nSPS) is 10.7. The van der Waals surface area contributed by atoms with Crippen LogP contribution >= 0.6 is 0 Å². The van der Waals surface area contributed by atoms with E-state index in [9.17, 15) is 13.6 Å². The number of aryl methyl sites for hydroxylation is 2. The van der Waals surface area contributed by atoms with Crippen LogP contribution in [-0.4, -0.2) is 17.7 Å². The minimum atomic E-state index is -2.95. The van der Waals surface area contributed by atoms with Crippen molar-refractivity contribution in [3.63, 3.8) is 0 Å². The minimum absolute atomic E-state index is 0.0458. The summed E-state index contributed by atoms with van der Waals surface area (Å²) in [5.74, 6) is 0.106. The predicted octanol–water partition coefficient (Wildman–Crippen LogP) is 3.07. The van der Waals surface area contributed by atoms with Crippen molar-refractivity contribution < 1.29 is 22.8 Å². The van der Waals surface area contributed by atoms with Gasteiger partial charge in [0.2, 0.25) is 5.91 Å². The van der Waals surface area contributed by atoms with Crippen molar-refractivity contribution in [1.29, 1.82) is 0 Å². The summed E-state index contributed by atoms with van der Waals surface area (Å²) in [7, 11) is 0. The maximum atomic E-state index is 12.3. The van der Waals surface area contributed by atoms with E-state index in [0.717, 1.165) is 0 Å². The van der Waals surface area contributed by atoms with Gasteiger partial charge in [0.15, 0.2) is 0 Å². The Balaban J connectivity index is 2.10. The van der Waals surface area contributed by atoms with Gasteiger partial charge in [0.05, 0.1) is 17.8 Å². The van der Waals surface area contributed by atoms with Crippen LogP contribution in [0.5, 0.6) is 5.75 Å². The standard InChI is InChI=1S/C14H14F2N2O3/c1-8-10(9(2)21-18-8)7-13(19)17-11-5-3-4-6-12(11)20-14(15)16/h3-6,14H,7H2,1-2H3,(H,17,19). The summed E-state index contributed by atoms with van der Waals surface area (Å²) in [6.45, 7) is 0.481. The molecule has 1 aromatic heterocycles. The summed E-state index contributed by atoms with van der Waals surface area (Å²) < 4.78 is 33.9. The van der Waals surface area contributed by atoms with Gasteiger partial charge in [0, 0.05) is 5.56 Å². The van der Waals surface area contributed by atoms with Crippen molar-refractivity contribution >= 4 is 11.6 Å². The molecule has 0 fully saturated rings. The van der Waals surface area contributed by atoms with Crippen LogP contribution in [0.2, 0.25) is 0 Å². The maximum Gasteiger partial charge on any atom is 0.387 e. The largest absolute Gasteiger partial charge is 0.433 e. The predicted molar refractivity (Wildman–Crippen MR) is 71.4 cm³/mol. The lowest BCUT2D eigenvalue weighted by Gasteiger charge is -2.11. The number of benzene rings is 1. The number of rotatable bonds is 5. The zero-order valence-electron chi connectivity index (χ0n) is 11.5. The molecule has 0 spiro atoms. The number of anilines is 1. The molecule has 0 aliphatic heterocycles. The molecule has 0 aliphatic carbocycles. The van der Waals surface area contributed by atoms with Crippen LogP contribution in [0.3, 0.4) is 0 Å². The third-order valence-corrected chi connectivity index (χ3v) is 2.90. The second-order valence-corrected chi connectivity index (χ2v) is 4.40. The average Bonchev–Trinajstić information content (AvgIpc) is 2.72. The van der Waals surface area contributed by atoms with Gasteiger partial charge in [-0.3, -0.25) is 4.79 Å². The Bertz CT molecular complexity index is 621. The molecule has 1 amide bonds. The molecule has 2 rings (SSSR count). The van der Waals surface area contributed by atoms with E-state index in [1.54, 1.807) is 26.0 Å². The molecule has 0 aliphatic rings. The molecule has 0 atom stereocenters. The van der Waals surface area contributed by atoms with Crippen LogP contribution < -0.4 is 10.1 Å². The fourth-order valence-corrected chi connectivity index (χ4v) is 1.88. The van der Waals surface area contributed by atoms with Crippen molar-refractivity contribution in [3.05, 3.63) is 41.3 Å². The van der Waals surface area contributed by atoms with Crippen LogP contribution in [0, 0.1) is 13.8 Å². The van der Waals surface area contributed by atoms with Gasteiger partial charge in [0.1, 0.15) is 11.5 Å². The Kier molecular flexibility index (Phi) is 4.52. The summed E-state index contributed by atoms with van der Waals surface area (Å²) >= 11 is 0. The highest BCUT2D eigenvalue weighted by molar-refractivity contribution is 5.93. The van der Waals surface area contributed by atoms with E-state index in [4.69, 9.17) is 4.52 Å². The lowest BCUT2D eigenvalue weighted by atomic mass is 10.1. The molecule has 0 unspecified atom stereocenters. The van der Waals surface area contributed by atoms with Crippen molar-refractivity contribution in [1.82, 2.24) is 5.16 Å². The first kappa shape index (κ1) is 15.0. The number of hydrogen-bond donors (Lipinski definition) is 1. The van der Waals surface area contributed by atoms with Crippen molar-refractivity contribution in [2.45, 2.75) is 26.9 Å². The van der Waals surface area contributed by atoms with Crippen LogP contribution in [0.1, 0.15) is 17.0 Å². The Hall–Kier alpha value is -2.44. The highest BCUT2D eigenvalue weighted by Crippen LogP contribution is 2.25. The first-order chi connectivity index (χ1) is 9.97. The number of carbonyl (C=O) groups excluding carboxylic acids is 1. The topological polar surface area (TPSA) is 64.4 Å². The van der Waals surface area contributed by atoms with Gasteiger partial charge in [-0.15, -0.1) is 0 Å². The van der Waals surface area contributed by atoms with E-state index in [0.29, 0.717) is 17.0 Å². The lowest BCUT2D eigenvalue weighted by molar-refractivity contribution is -0.115. The number of nitrogens with zero attached hydrogens (tertiary/aromatic N) is 1. The average molecular weight is 296 g/mol. The molecule has 21 heavy (non-hydrogen) atoms. The first-order valence-corrected chi connectivity index (χ1v) is 6.23. The van der Waals surface area contributed by atoms with E-state index >= 15 is 0 Å². The Morgan fingerprint density at radius 3 is 2.71 bits per heavy atom. The van der Waals surface area contributed by atoms with E-state index in [-0.39, 0.29) is 23.8 Å². The maximum absolute atomic E-state index is 12.3. The third kappa shape index (κ3) is 3.77. The van der Waals surface area contributed by atoms with E-state index in [2.05, 4.69) is 15.2 Å². The molecule has 0 radical (unpaired) electrons. The van der Waals surface area contributed by atoms with Gasteiger partial charge < -0.3 is 14.6 Å². The van der Waals surface area contributed by atoms with Crippen molar-refractivity contribution in [2.24, 2.45) is 0 Å². The smallest absolute Gasteiger partial charge is 0.387 e. The Morgan fingerprint density at radius 1 is 1.38 bits per heavy atom. The van der Waals surface area contributed by atoms with Crippen LogP contribution in [0.15, 0.2) is 28.8 Å². The molecule has 0 bridgehead atoms. The van der Waals surface area contributed by atoms with Gasteiger partial charge in [0.25, 0.3) is 0 Å². The molecule has 1 aromatic carbocycles. The third-order valence-electron chi connectivity index (χ3n) is 2.90. The van der Waals surface area contributed by atoms with Gasteiger partial charge in [-0.05, 0) is 26.0 Å². The fourth-order valence-electron chi connectivity index (χ4n) is 1.88. The first-order valence-electron chi connectivity index (χ1n) is 6.23. The fraction of sp³-hybridized carbons (Fsp3) is 0.286. The molecule has 0 saturated heterocycles. The molecule has 1 heterocycles. The molecule has 7 heteroatoms. The number of aromatic nitrogens is 1. The number of para-hydroxylation sites is 2. The van der Waals surface area contributed by atoms with Gasteiger partial charge >= 0.3 is 6.61 Å². The van der Waals surface area contributed by atoms with Crippen molar-refractivity contribution in [3.8, 4) is 5.75 Å². The van der Waals surface area contributed by atoms with E-state index in [1.807, 2.05) is 0 Å². The number of halogens is 2. The number of alkyl halides is 2. The highest BCUT2D eigenvalue weighted by Gasteiger charge is 2.15. The van der Waals surface area contributed by atoms with Crippen LogP contribution in [0.25, 0.3) is 0 Å². The minimum Gasteiger partial charge on any atom is -0.433 e. The van der Waals surface area contributed by atoms with Crippen molar-refractivity contribution in [2.75, 3.05) is 5.32 Å². The summed E-state index contributed by atoms with van der Waals surface area (Å²) in [6, 6.07) is 6.01. The van der Waals surface area contributed by atoms with Crippen LogP contribution in [0.4, 0.5) is 14.5 Å². The molecule has 5 nitrogen and oxygen atoms in total. The summed E-state index contributed by atoms with van der Waals surface area (Å²) in [6.07, 6.45) is 0.0458. The SMILES string of the molecule is Cc1noc(C)c1CC(=O)Nc1ccccc1OC(F)F. The number of nitrogens with one attached hydrogen (secondary N) is 1. The van der Waals surface area contributed by atoms with Gasteiger partial charge in [-0.2, -0.15) is 8.78 Å². The number of hydrogen-bond acceptors (Lipinski definition) is 4. The molecular weight excluding hydrogens is 282 g/mol. The quantitative estimate of drug-likeness (QED) is 0.921. The van der Waals surface area contributed by atoms with E-state index in [1.165, 1.54) is 12.1 Å². The van der Waals surface area contributed by atoms with Gasteiger partial charge in [-0.25, -0.2) is 0 Å². The number of amides is 1. The summed E-state index contributed by atoms with van der Waals surface area (Å²) in [4.78, 5) is 12.0. The molecule has 0 saturated carbocycles. The second-order valence-electron chi connectivity index (χ2n) is 4.40. The summed E-state index contributed by atoms with van der Waals surface area (Å²) in [5, 5.41) is 6.30. The molecule has 112 valence electrons. The number of ether oxygens (including phenoxy) is 1. The monoisotopic (exact) mass is 296 g/mol.